The fraction of sp³-hybridized carbons (Fsp3) is 0. The molecular formula is C72H50N2OSi2. The van der Waals surface area contributed by atoms with E-state index in [1.54, 1.807) is 0 Å². The molecular weight excluding hydrogens is 965 g/mol. The Morgan fingerprint density at radius 1 is 0.247 bits per heavy atom. The van der Waals surface area contributed by atoms with Crippen LogP contribution >= 0.6 is 0 Å². The monoisotopic (exact) mass is 1010 g/mol. The molecule has 0 aliphatic rings. The van der Waals surface area contributed by atoms with Crippen LogP contribution in [0.25, 0.3) is 76.9 Å². The Morgan fingerprint density at radius 3 is 1.22 bits per heavy atom. The molecule has 5 heteroatoms. The van der Waals surface area contributed by atoms with Gasteiger partial charge in [0.05, 0.1) is 27.8 Å². The Balaban J connectivity index is 0.977. The molecule has 3 nitrogen and oxygen atoms in total. The number of aromatic nitrogens is 2. The molecule has 15 rings (SSSR count). The van der Waals surface area contributed by atoms with Crippen LogP contribution in [0.3, 0.4) is 0 Å². The summed E-state index contributed by atoms with van der Waals surface area (Å²) in [7, 11) is -5.85. The Labute approximate surface area is 448 Å². The van der Waals surface area contributed by atoms with Gasteiger partial charge in [-0.1, -0.05) is 249 Å². The lowest BCUT2D eigenvalue weighted by Gasteiger charge is -2.35. The summed E-state index contributed by atoms with van der Waals surface area (Å²) < 4.78 is 11.5. The molecule has 15 aromatic rings. The first kappa shape index (κ1) is 44.9. The summed E-state index contributed by atoms with van der Waals surface area (Å²) in [6.07, 6.45) is 0. The Kier molecular flexibility index (Phi) is 10.6. The van der Waals surface area contributed by atoms with Crippen LogP contribution in [0.5, 0.6) is 0 Å². The topological polar surface area (TPSA) is 23.0 Å². The molecule has 0 saturated heterocycles. The Morgan fingerprint density at radius 2 is 0.649 bits per heavy atom. The van der Waals surface area contributed by atoms with Gasteiger partial charge < -0.3 is 13.6 Å². The lowest BCUT2D eigenvalue weighted by molar-refractivity contribution is 0.669. The van der Waals surface area contributed by atoms with E-state index in [2.05, 4.69) is 312 Å². The van der Waals surface area contributed by atoms with Crippen LogP contribution in [0.2, 0.25) is 0 Å². The summed E-state index contributed by atoms with van der Waals surface area (Å²) in [4.78, 5) is 0. The number of nitrogens with zero attached hydrogens (tertiary/aromatic N) is 2. The number of para-hydroxylation sites is 3. The molecule has 0 aliphatic heterocycles. The average molecular weight is 1020 g/mol. The summed E-state index contributed by atoms with van der Waals surface area (Å²) in [6, 6.07) is 113. The van der Waals surface area contributed by atoms with Crippen LogP contribution in [0, 0.1) is 0 Å². The second-order valence-electron chi connectivity index (χ2n) is 20.3. The summed E-state index contributed by atoms with van der Waals surface area (Å²) in [5, 5.41) is 18.0. The molecule has 0 spiro atoms. The molecule has 0 saturated carbocycles. The average Bonchev–Trinajstić information content (AvgIpc) is 4.29. The summed E-state index contributed by atoms with van der Waals surface area (Å²) >= 11 is 0. The first-order valence-corrected chi connectivity index (χ1v) is 30.6. The highest BCUT2D eigenvalue weighted by Crippen LogP contribution is 2.40. The summed E-state index contributed by atoms with van der Waals surface area (Å²) in [6.45, 7) is 0. The van der Waals surface area contributed by atoms with Gasteiger partial charge in [-0.3, -0.25) is 0 Å². The predicted octanol–water partition coefficient (Wildman–Crippen LogP) is 12.5. The van der Waals surface area contributed by atoms with Gasteiger partial charge in [-0.05, 0) is 96.1 Å². The van der Waals surface area contributed by atoms with Crippen molar-refractivity contribution in [1.29, 1.82) is 0 Å². The van der Waals surface area contributed by atoms with E-state index in [9.17, 15) is 0 Å². The summed E-state index contributed by atoms with van der Waals surface area (Å²) in [5.41, 5.74) is 8.77. The number of hydrogen-bond donors (Lipinski definition) is 0. The third kappa shape index (κ3) is 6.74. The van der Waals surface area contributed by atoms with E-state index >= 15 is 0 Å². The summed E-state index contributed by atoms with van der Waals surface area (Å²) in [5.74, 6) is 0. The number of rotatable bonds is 10. The van der Waals surface area contributed by atoms with Gasteiger partial charge in [-0.15, -0.1) is 0 Å². The van der Waals surface area contributed by atoms with E-state index in [1.165, 1.54) is 79.6 Å². The maximum absolute atomic E-state index is 6.49. The van der Waals surface area contributed by atoms with Crippen molar-refractivity contribution in [1.82, 2.24) is 9.13 Å². The van der Waals surface area contributed by atoms with Crippen LogP contribution in [-0.2, 0) is 0 Å². The SMILES string of the molecule is c1ccc([Si](c2ccccc2)(c2ccccc2)c2ccc(-n3c4ccccc4c4c(-n5c6ccccc6c6c([Si](c7ccccc7)(c7ccccc7)c7ccc8oc9ccccc9c8c7)cccc65)cccc43)cc2)cc1. The van der Waals surface area contributed by atoms with Gasteiger partial charge in [0.15, 0.2) is 16.1 Å². The van der Waals surface area contributed by atoms with Gasteiger partial charge in [0.2, 0.25) is 0 Å². The number of hydrogen-bond acceptors (Lipinski definition) is 1. The predicted molar refractivity (Wildman–Crippen MR) is 330 cm³/mol. The van der Waals surface area contributed by atoms with Crippen molar-refractivity contribution in [3.05, 3.63) is 303 Å². The van der Waals surface area contributed by atoms with Gasteiger partial charge in [0.25, 0.3) is 0 Å². The fourth-order valence-electron chi connectivity index (χ4n) is 13.3. The zero-order valence-electron chi connectivity index (χ0n) is 42.2. The number of fused-ring (bicyclic) bond motifs is 9. The van der Waals surface area contributed by atoms with E-state index in [4.69, 9.17) is 4.42 Å². The fourth-order valence-corrected chi connectivity index (χ4v) is 23.0. The van der Waals surface area contributed by atoms with Crippen LogP contribution < -0.4 is 41.5 Å². The van der Waals surface area contributed by atoms with Crippen molar-refractivity contribution in [3.8, 4) is 11.4 Å². The minimum Gasteiger partial charge on any atom is -0.456 e. The normalized spacial score (nSPS) is 12.2. The molecule has 3 heterocycles. The van der Waals surface area contributed by atoms with Gasteiger partial charge in [-0.25, -0.2) is 0 Å². The van der Waals surface area contributed by atoms with Crippen molar-refractivity contribution < 1.29 is 4.42 Å². The minimum absolute atomic E-state index is 0.901. The van der Waals surface area contributed by atoms with Crippen molar-refractivity contribution in [2.45, 2.75) is 0 Å². The van der Waals surface area contributed by atoms with E-state index < -0.39 is 16.1 Å². The molecule has 77 heavy (non-hydrogen) atoms. The van der Waals surface area contributed by atoms with Crippen molar-refractivity contribution in [3.63, 3.8) is 0 Å². The second kappa shape index (κ2) is 18.1. The zero-order chi connectivity index (χ0) is 50.9. The van der Waals surface area contributed by atoms with Crippen LogP contribution in [0.1, 0.15) is 0 Å². The smallest absolute Gasteiger partial charge is 0.180 e. The van der Waals surface area contributed by atoms with Gasteiger partial charge in [-0.2, -0.15) is 0 Å². The van der Waals surface area contributed by atoms with E-state index in [0.29, 0.717) is 0 Å². The highest BCUT2D eigenvalue weighted by atomic mass is 28.3. The van der Waals surface area contributed by atoms with Crippen LogP contribution in [0.15, 0.2) is 308 Å². The largest absolute Gasteiger partial charge is 0.456 e. The van der Waals surface area contributed by atoms with Crippen LogP contribution in [-0.4, -0.2) is 25.3 Å². The van der Waals surface area contributed by atoms with E-state index in [0.717, 1.165) is 38.8 Å². The van der Waals surface area contributed by atoms with E-state index in [-0.39, 0.29) is 0 Å². The highest BCUT2D eigenvalue weighted by Gasteiger charge is 2.44. The Bertz CT molecular complexity index is 4530. The molecule has 0 N–H and O–H groups in total. The first-order chi connectivity index (χ1) is 38.2. The number of furan rings is 1. The van der Waals surface area contributed by atoms with Gasteiger partial charge in [0.1, 0.15) is 11.2 Å². The molecule has 0 aliphatic carbocycles. The highest BCUT2D eigenvalue weighted by molar-refractivity contribution is 7.21. The molecule has 0 bridgehead atoms. The lowest BCUT2D eigenvalue weighted by Crippen LogP contribution is -2.74. The molecule has 3 aromatic heterocycles. The van der Waals surface area contributed by atoms with Crippen molar-refractivity contribution in [2.75, 3.05) is 0 Å². The quantitative estimate of drug-likeness (QED) is 0.0989. The molecule has 362 valence electrons. The van der Waals surface area contributed by atoms with Crippen molar-refractivity contribution in [2.24, 2.45) is 0 Å². The van der Waals surface area contributed by atoms with Gasteiger partial charge in [0, 0.05) is 38.0 Å². The van der Waals surface area contributed by atoms with E-state index in [1.807, 2.05) is 0 Å². The second-order valence-corrected chi connectivity index (χ2v) is 27.8. The number of benzene rings is 12. The molecule has 0 amide bonds. The molecule has 0 atom stereocenters. The van der Waals surface area contributed by atoms with Gasteiger partial charge >= 0.3 is 0 Å². The van der Waals surface area contributed by atoms with Crippen molar-refractivity contribution >= 4 is 123 Å². The third-order valence-electron chi connectivity index (χ3n) is 16.4. The molecule has 0 radical (unpaired) electrons. The zero-order valence-corrected chi connectivity index (χ0v) is 44.2. The lowest BCUT2D eigenvalue weighted by atomic mass is 10.1. The third-order valence-corrected chi connectivity index (χ3v) is 26.0. The Hall–Kier alpha value is -9.53. The molecule has 0 fully saturated rings. The molecule has 12 aromatic carbocycles. The maximum Gasteiger partial charge on any atom is 0.180 e. The molecule has 0 unspecified atom stereocenters. The van der Waals surface area contributed by atoms with Crippen LogP contribution in [0.4, 0.5) is 0 Å². The maximum atomic E-state index is 6.49. The minimum atomic E-state index is -3.12. The standard InChI is InChI=1S/C72H50N2OSi2/c1-6-24-52(25-7-1)76(53-26-8-2-9-27-53,54-28-10-3-11-29-54)57-46-44-51(45-47-57)73-63-37-19-16-35-60(63)71-65(73)39-22-40-66(71)74-64-38-20-17-36-61(64)72-67(74)41-23-43-70(72)77(55-30-12-4-13-31-55,56-32-14-5-15-33-56)58-48-49-69-62(50-58)59-34-18-21-42-68(59)75-69/h1-50H. The first-order valence-electron chi connectivity index (χ1n) is 26.6.